The molecule has 7 heteroatoms. The van der Waals surface area contributed by atoms with Gasteiger partial charge in [0.1, 0.15) is 0 Å². The first-order valence-electron chi connectivity index (χ1n) is 8.31. The van der Waals surface area contributed by atoms with Crippen molar-refractivity contribution in [3.8, 4) is 0 Å². The third kappa shape index (κ3) is 6.62. The van der Waals surface area contributed by atoms with Gasteiger partial charge in [-0.05, 0) is 32.4 Å². The molecule has 0 saturated carbocycles. The Labute approximate surface area is 152 Å². The van der Waals surface area contributed by atoms with Crippen molar-refractivity contribution in [1.82, 2.24) is 20.2 Å². The molecule has 0 radical (unpaired) electrons. The van der Waals surface area contributed by atoms with Crippen LogP contribution in [0.5, 0.6) is 0 Å². The molecule has 134 valence electrons. The van der Waals surface area contributed by atoms with Crippen molar-refractivity contribution < 1.29 is 9.59 Å². The highest BCUT2D eigenvalue weighted by molar-refractivity contribution is 8.00. The van der Waals surface area contributed by atoms with Crippen molar-refractivity contribution in [3.63, 3.8) is 0 Å². The summed E-state index contributed by atoms with van der Waals surface area (Å²) < 4.78 is 1.98. The Morgan fingerprint density at radius 2 is 2.08 bits per heavy atom. The Kier molecular flexibility index (Phi) is 7.53. The SMILES string of the molecule is CC(C)NC(=O)CSc1ccccc1C(=O)NCCCn1ccnc1. The van der Waals surface area contributed by atoms with E-state index in [1.54, 1.807) is 18.6 Å². The predicted molar refractivity (Wildman–Crippen MR) is 99.6 cm³/mol. The average Bonchev–Trinajstić information content (AvgIpc) is 3.10. The number of hydrogen-bond acceptors (Lipinski definition) is 4. The molecule has 0 aliphatic rings. The van der Waals surface area contributed by atoms with Gasteiger partial charge in [0, 0.05) is 36.4 Å². The fourth-order valence-corrected chi connectivity index (χ4v) is 3.13. The monoisotopic (exact) mass is 360 g/mol. The summed E-state index contributed by atoms with van der Waals surface area (Å²) in [4.78, 5) is 29.0. The first-order valence-corrected chi connectivity index (χ1v) is 9.30. The predicted octanol–water partition coefficient (Wildman–Crippen LogP) is 2.32. The van der Waals surface area contributed by atoms with E-state index in [0.717, 1.165) is 17.9 Å². The van der Waals surface area contributed by atoms with E-state index in [2.05, 4.69) is 15.6 Å². The highest BCUT2D eigenvalue weighted by Crippen LogP contribution is 2.22. The van der Waals surface area contributed by atoms with Crippen LogP contribution in [0.1, 0.15) is 30.6 Å². The molecule has 0 fully saturated rings. The second kappa shape index (κ2) is 9.88. The van der Waals surface area contributed by atoms with Crippen molar-refractivity contribution in [2.75, 3.05) is 12.3 Å². The Bertz CT molecular complexity index is 686. The van der Waals surface area contributed by atoms with Gasteiger partial charge in [0.15, 0.2) is 0 Å². The Hall–Kier alpha value is -2.28. The molecule has 0 atom stereocenters. The summed E-state index contributed by atoms with van der Waals surface area (Å²) in [5, 5.41) is 5.78. The first kappa shape index (κ1) is 19.1. The third-order valence-corrected chi connectivity index (χ3v) is 4.45. The van der Waals surface area contributed by atoms with E-state index in [1.807, 2.05) is 42.8 Å². The summed E-state index contributed by atoms with van der Waals surface area (Å²) in [6.07, 6.45) is 6.22. The molecule has 0 aliphatic carbocycles. The Morgan fingerprint density at radius 1 is 1.28 bits per heavy atom. The zero-order valence-corrected chi connectivity index (χ0v) is 15.4. The number of amides is 2. The van der Waals surface area contributed by atoms with Crippen LogP contribution in [-0.2, 0) is 11.3 Å². The topological polar surface area (TPSA) is 76.0 Å². The van der Waals surface area contributed by atoms with Gasteiger partial charge in [-0.2, -0.15) is 0 Å². The largest absolute Gasteiger partial charge is 0.353 e. The molecule has 0 spiro atoms. The fraction of sp³-hybridized carbons (Fsp3) is 0.389. The number of thioether (sulfide) groups is 1. The summed E-state index contributed by atoms with van der Waals surface area (Å²) in [6.45, 7) is 5.25. The molecule has 2 rings (SSSR count). The molecule has 6 nitrogen and oxygen atoms in total. The highest BCUT2D eigenvalue weighted by atomic mass is 32.2. The maximum atomic E-state index is 12.4. The second-order valence-corrected chi connectivity index (χ2v) is 6.93. The maximum Gasteiger partial charge on any atom is 0.252 e. The van der Waals surface area contributed by atoms with Crippen LogP contribution in [-0.4, -0.2) is 39.7 Å². The zero-order valence-electron chi connectivity index (χ0n) is 14.6. The average molecular weight is 360 g/mol. The number of rotatable bonds is 9. The summed E-state index contributed by atoms with van der Waals surface area (Å²) in [5.41, 5.74) is 0.604. The second-order valence-electron chi connectivity index (χ2n) is 5.92. The van der Waals surface area contributed by atoms with Gasteiger partial charge in [0.05, 0.1) is 17.6 Å². The quantitative estimate of drug-likeness (QED) is 0.531. The number of nitrogens with zero attached hydrogens (tertiary/aromatic N) is 2. The van der Waals surface area contributed by atoms with Crippen LogP contribution < -0.4 is 10.6 Å². The zero-order chi connectivity index (χ0) is 18.1. The van der Waals surface area contributed by atoms with E-state index in [9.17, 15) is 9.59 Å². The van der Waals surface area contributed by atoms with Gasteiger partial charge in [0.2, 0.25) is 5.91 Å². The number of hydrogen-bond donors (Lipinski definition) is 2. The Balaban J connectivity index is 1.83. The van der Waals surface area contributed by atoms with E-state index < -0.39 is 0 Å². The van der Waals surface area contributed by atoms with E-state index in [1.165, 1.54) is 11.8 Å². The molecule has 0 saturated heterocycles. The smallest absolute Gasteiger partial charge is 0.252 e. The number of carbonyl (C=O) groups is 2. The number of carbonyl (C=O) groups excluding carboxylic acids is 2. The van der Waals surface area contributed by atoms with Crippen LogP contribution in [0, 0.1) is 0 Å². The molecule has 0 unspecified atom stereocenters. The molecule has 1 heterocycles. The molecule has 2 aromatic rings. The van der Waals surface area contributed by atoms with Crippen molar-refractivity contribution in [1.29, 1.82) is 0 Å². The molecular formula is C18H24N4O2S. The van der Waals surface area contributed by atoms with Gasteiger partial charge < -0.3 is 15.2 Å². The first-order chi connectivity index (χ1) is 12.1. The fourth-order valence-electron chi connectivity index (χ4n) is 2.26. The van der Waals surface area contributed by atoms with Gasteiger partial charge >= 0.3 is 0 Å². The van der Waals surface area contributed by atoms with Crippen molar-refractivity contribution in [2.24, 2.45) is 0 Å². The van der Waals surface area contributed by atoms with E-state index in [-0.39, 0.29) is 17.9 Å². The van der Waals surface area contributed by atoms with E-state index >= 15 is 0 Å². The van der Waals surface area contributed by atoms with Crippen molar-refractivity contribution >= 4 is 23.6 Å². The van der Waals surface area contributed by atoms with Crippen LogP contribution in [0.4, 0.5) is 0 Å². The minimum atomic E-state index is -0.113. The van der Waals surface area contributed by atoms with Gasteiger partial charge in [-0.15, -0.1) is 11.8 Å². The normalized spacial score (nSPS) is 10.7. The summed E-state index contributed by atoms with van der Waals surface area (Å²) >= 11 is 1.38. The van der Waals surface area contributed by atoms with E-state index in [4.69, 9.17) is 0 Å². The van der Waals surface area contributed by atoms with Crippen LogP contribution >= 0.6 is 11.8 Å². The van der Waals surface area contributed by atoms with Crippen molar-refractivity contribution in [2.45, 2.75) is 37.8 Å². The molecule has 25 heavy (non-hydrogen) atoms. The lowest BCUT2D eigenvalue weighted by atomic mass is 10.2. The van der Waals surface area contributed by atoms with Gasteiger partial charge in [-0.25, -0.2) is 4.98 Å². The standard InChI is InChI=1S/C18H24N4O2S/c1-14(2)21-17(23)12-25-16-7-4-3-6-15(16)18(24)20-8-5-10-22-11-9-19-13-22/h3-4,6-7,9,11,13-14H,5,8,10,12H2,1-2H3,(H,20,24)(H,21,23). The summed E-state index contributed by atoms with van der Waals surface area (Å²) in [7, 11) is 0. The lowest BCUT2D eigenvalue weighted by molar-refractivity contribution is -0.119. The molecule has 1 aromatic heterocycles. The van der Waals surface area contributed by atoms with Crippen molar-refractivity contribution in [3.05, 3.63) is 48.5 Å². The minimum Gasteiger partial charge on any atom is -0.353 e. The minimum absolute atomic E-state index is 0.0319. The summed E-state index contributed by atoms with van der Waals surface area (Å²) in [5.74, 6) is 0.150. The molecule has 2 amide bonds. The number of aryl methyl sites for hydroxylation is 1. The van der Waals surface area contributed by atoms with Crippen LogP contribution in [0.3, 0.4) is 0 Å². The van der Waals surface area contributed by atoms with Crippen LogP contribution in [0.25, 0.3) is 0 Å². The molecule has 2 N–H and O–H groups in total. The third-order valence-electron chi connectivity index (χ3n) is 3.38. The van der Waals surface area contributed by atoms with Gasteiger partial charge in [0.25, 0.3) is 5.91 Å². The van der Waals surface area contributed by atoms with Crippen LogP contribution in [0.2, 0.25) is 0 Å². The lowest BCUT2D eigenvalue weighted by Gasteiger charge is -2.11. The van der Waals surface area contributed by atoms with E-state index in [0.29, 0.717) is 17.9 Å². The van der Waals surface area contributed by atoms with Crippen LogP contribution in [0.15, 0.2) is 47.9 Å². The Morgan fingerprint density at radius 3 is 2.80 bits per heavy atom. The maximum absolute atomic E-state index is 12.4. The highest BCUT2D eigenvalue weighted by Gasteiger charge is 2.12. The molecule has 0 bridgehead atoms. The number of aromatic nitrogens is 2. The number of nitrogens with one attached hydrogen (secondary N) is 2. The summed E-state index contributed by atoms with van der Waals surface area (Å²) in [6, 6.07) is 7.47. The molecular weight excluding hydrogens is 336 g/mol. The number of imidazole rings is 1. The molecule has 0 aliphatic heterocycles. The molecule has 1 aromatic carbocycles. The lowest BCUT2D eigenvalue weighted by Crippen LogP contribution is -2.31. The van der Waals surface area contributed by atoms with Gasteiger partial charge in [-0.1, -0.05) is 12.1 Å². The number of benzene rings is 1. The van der Waals surface area contributed by atoms with Gasteiger partial charge in [-0.3, -0.25) is 9.59 Å².